The molecule has 1 aromatic carbocycles. The molecule has 1 aliphatic rings. The molecule has 108 valence electrons. The van der Waals surface area contributed by atoms with Crippen LogP contribution in [0.25, 0.3) is 6.08 Å². The fourth-order valence-corrected chi connectivity index (χ4v) is 1.57. The van der Waals surface area contributed by atoms with Crippen molar-refractivity contribution in [3.05, 3.63) is 29.8 Å². The number of fused-ring (bicyclic) bond motifs is 1. The maximum absolute atomic E-state index is 11.4. The minimum absolute atomic E-state index is 0.101. The van der Waals surface area contributed by atoms with Gasteiger partial charge in [0, 0.05) is 6.08 Å². The van der Waals surface area contributed by atoms with Crippen molar-refractivity contribution >= 4 is 18.0 Å². The fourth-order valence-electron chi connectivity index (χ4n) is 1.57. The van der Waals surface area contributed by atoms with Gasteiger partial charge in [0.2, 0.25) is 6.79 Å². The van der Waals surface area contributed by atoms with Crippen LogP contribution in [0.1, 0.15) is 5.56 Å². The van der Waals surface area contributed by atoms with E-state index >= 15 is 0 Å². The molecular weight excluding hydrogens is 274 g/mol. The summed E-state index contributed by atoms with van der Waals surface area (Å²) in [5.74, 6) is 2.47. The Hall–Kier alpha value is -2.94. The van der Waals surface area contributed by atoms with Crippen LogP contribution in [0.5, 0.6) is 11.5 Å². The van der Waals surface area contributed by atoms with Crippen molar-refractivity contribution in [2.75, 3.05) is 19.9 Å². The summed E-state index contributed by atoms with van der Waals surface area (Å²) in [6.07, 6.45) is 7.77. The van der Waals surface area contributed by atoms with Gasteiger partial charge in [-0.15, -0.1) is 6.42 Å². The highest BCUT2D eigenvalue weighted by Gasteiger charge is 2.12. The molecule has 2 rings (SSSR count). The van der Waals surface area contributed by atoms with Gasteiger partial charge in [-0.1, -0.05) is 12.0 Å². The van der Waals surface area contributed by atoms with E-state index in [9.17, 15) is 9.59 Å². The van der Waals surface area contributed by atoms with Crippen molar-refractivity contribution < 1.29 is 23.8 Å². The molecule has 0 atom stereocenters. The minimum atomic E-state index is -0.622. The van der Waals surface area contributed by atoms with Crippen molar-refractivity contribution in [1.29, 1.82) is 0 Å². The molecule has 0 unspecified atom stereocenters. The molecule has 6 nitrogen and oxygen atoms in total. The molecule has 1 heterocycles. The number of esters is 1. The Morgan fingerprint density at radius 1 is 1.38 bits per heavy atom. The van der Waals surface area contributed by atoms with Gasteiger partial charge in [0.15, 0.2) is 18.1 Å². The van der Waals surface area contributed by atoms with E-state index < -0.39 is 11.9 Å². The van der Waals surface area contributed by atoms with E-state index in [0.29, 0.717) is 11.5 Å². The van der Waals surface area contributed by atoms with E-state index in [1.54, 1.807) is 24.3 Å². The van der Waals surface area contributed by atoms with Gasteiger partial charge in [-0.2, -0.15) is 0 Å². The van der Waals surface area contributed by atoms with Crippen LogP contribution in [0.2, 0.25) is 0 Å². The van der Waals surface area contributed by atoms with Crippen LogP contribution in [0, 0.1) is 12.3 Å². The molecule has 6 heteroatoms. The van der Waals surface area contributed by atoms with Crippen LogP contribution in [0.4, 0.5) is 0 Å². The Labute approximate surface area is 121 Å². The SMILES string of the molecule is C#CCNC(=O)COC(=O)/C=C/c1ccc2c(c1)OCO2. The smallest absolute Gasteiger partial charge is 0.331 e. The number of terminal acetylenes is 1. The molecule has 0 spiro atoms. The highest BCUT2D eigenvalue weighted by Crippen LogP contribution is 2.32. The maximum Gasteiger partial charge on any atom is 0.331 e. The number of ether oxygens (including phenoxy) is 3. The first kappa shape index (κ1) is 14.5. The van der Waals surface area contributed by atoms with E-state index in [4.69, 9.17) is 20.6 Å². The minimum Gasteiger partial charge on any atom is -0.454 e. The summed E-state index contributed by atoms with van der Waals surface area (Å²) in [5, 5.41) is 2.38. The Morgan fingerprint density at radius 2 is 2.19 bits per heavy atom. The third kappa shape index (κ3) is 4.28. The normalized spacial score (nSPS) is 12.0. The predicted molar refractivity (Wildman–Crippen MR) is 74.4 cm³/mol. The molecule has 0 saturated heterocycles. The van der Waals surface area contributed by atoms with E-state index in [2.05, 4.69) is 11.2 Å². The third-order valence-electron chi connectivity index (χ3n) is 2.54. The molecule has 21 heavy (non-hydrogen) atoms. The second-order valence-electron chi connectivity index (χ2n) is 4.03. The highest BCUT2D eigenvalue weighted by molar-refractivity contribution is 5.89. The van der Waals surface area contributed by atoms with Crippen LogP contribution in [-0.2, 0) is 14.3 Å². The summed E-state index contributed by atoms with van der Waals surface area (Å²) in [5.41, 5.74) is 0.757. The molecule has 0 radical (unpaired) electrons. The predicted octanol–water partition coefficient (Wildman–Crippen LogP) is 0.721. The monoisotopic (exact) mass is 287 g/mol. The first-order valence-corrected chi connectivity index (χ1v) is 6.13. The summed E-state index contributed by atoms with van der Waals surface area (Å²) in [6.45, 7) is -0.0767. The Kier molecular flexibility index (Phi) is 4.83. The molecule has 0 saturated carbocycles. The third-order valence-corrected chi connectivity index (χ3v) is 2.54. The number of carbonyl (C=O) groups is 2. The van der Waals surface area contributed by atoms with Crippen molar-refractivity contribution in [1.82, 2.24) is 5.32 Å². The van der Waals surface area contributed by atoms with Gasteiger partial charge in [-0.3, -0.25) is 4.79 Å². The van der Waals surface area contributed by atoms with Crippen molar-refractivity contribution in [2.24, 2.45) is 0 Å². The van der Waals surface area contributed by atoms with Gasteiger partial charge in [0.1, 0.15) is 0 Å². The van der Waals surface area contributed by atoms with Gasteiger partial charge in [-0.05, 0) is 23.8 Å². The number of amides is 1. The number of benzene rings is 1. The highest BCUT2D eigenvalue weighted by atomic mass is 16.7. The van der Waals surface area contributed by atoms with Crippen molar-refractivity contribution in [2.45, 2.75) is 0 Å². The largest absolute Gasteiger partial charge is 0.454 e. The standard InChI is InChI=1S/C15H13NO5/c1-2-7-16-14(17)9-19-15(18)6-4-11-3-5-12-13(8-11)21-10-20-12/h1,3-6,8H,7,9-10H2,(H,16,17)/b6-4+. The quantitative estimate of drug-likeness (QED) is 0.491. The van der Waals surface area contributed by atoms with Gasteiger partial charge in [0.25, 0.3) is 5.91 Å². The average molecular weight is 287 g/mol. The lowest BCUT2D eigenvalue weighted by molar-refractivity contribution is -0.143. The lowest BCUT2D eigenvalue weighted by Crippen LogP contribution is -2.28. The second kappa shape index (κ2) is 7.01. The maximum atomic E-state index is 11.4. The van der Waals surface area contributed by atoms with Crippen molar-refractivity contribution in [3.63, 3.8) is 0 Å². The fraction of sp³-hybridized carbons (Fsp3) is 0.200. The van der Waals surface area contributed by atoms with E-state index in [-0.39, 0.29) is 19.9 Å². The van der Waals surface area contributed by atoms with Crippen LogP contribution < -0.4 is 14.8 Å². The first-order chi connectivity index (χ1) is 10.2. The number of rotatable bonds is 5. The molecule has 0 aromatic heterocycles. The molecule has 0 aliphatic carbocycles. The first-order valence-electron chi connectivity index (χ1n) is 6.13. The summed E-state index contributed by atoms with van der Waals surface area (Å²) in [6, 6.07) is 5.27. The van der Waals surface area contributed by atoms with Gasteiger partial charge < -0.3 is 19.5 Å². The van der Waals surface area contributed by atoms with Crippen LogP contribution >= 0.6 is 0 Å². The average Bonchev–Trinajstić information content (AvgIpc) is 2.96. The molecule has 1 aliphatic heterocycles. The topological polar surface area (TPSA) is 73.9 Å². The van der Waals surface area contributed by atoms with Gasteiger partial charge in [-0.25, -0.2) is 4.79 Å². The molecule has 0 bridgehead atoms. The zero-order valence-corrected chi connectivity index (χ0v) is 11.1. The number of nitrogens with one attached hydrogen (secondary N) is 1. The summed E-state index contributed by atoms with van der Waals surface area (Å²) >= 11 is 0. The molecule has 1 amide bonds. The molecule has 1 N–H and O–H groups in total. The zero-order valence-electron chi connectivity index (χ0n) is 11.1. The van der Waals surface area contributed by atoms with E-state index in [1.165, 1.54) is 6.08 Å². The zero-order chi connectivity index (χ0) is 15.1. The Bertz CT molecular complexity index is 615. The Balaban J connectivity index is 1.82. The number of carbonyl (C=O) groups excluding carboxylic acids is 2. The lowest BCUT2D eigenvalue weighted by atomic mass is 10.2. The summed E-state index contributed by atoms with van der Waals surface area (Å²) < 4.78 is 15.2. The second-order valence-corrected chi connectivity index (χ2v) is 4.03. The van der Waals surface area contributed by atoms with Gasteiger partial charge in [0.05, 0.1) is 6.54 Å². The van der Waals surface area contributed by atoms with Gasteiger partial charge >= 0.3 is 5.97 Å². The number of hydrogen-bond acceptors (Lipinski definition) is 5. The van der Waals surface area contributed by atoms with Crippen LogP contribution in [-0.4, -0.2) is 31.8 Å². The van der Waals surface area contributed by atoms with Crippen molar-refractivity contribution in [3.8, 4) is 23.8 Å². The Morgan fingerprint density at radius 3 is 3.00 bits per heavy atom. The molecular formula is C15H13NO5. The lowest BCUT2D eigenvalue weighted by Gasteiger charge is -2.02. The van der Waals surface area contributed by atoms with E-state index in [1.807, 2.05) is 0 Å². The van der Waals surface area contributed by atoms with Crippen LogP contribution in [0.15, 0.2) is 24.3 Å². The van der Waals surface area contributed by atoms with Crippen LogP contribution in [0.3, 0.4) is 0 Å². The summed E-state index contributed by atoms with van der Waals surface area (Å²) in [4.78, 5) is 22.6. The van der Waals surface area contributed by atoms with E-state index in [0.717, 1.165) is 5.56 Å². The molecule has 1 aromatic rings. The summed E-state index contributed by atoms with van der Waals surface area (Å²) in [7, 11) is 0. The number of hydrogen-bond donors (Lipinski definition) is 1. The molecule has 0 fully saturated rings.